The zero-order chi connectivity index (χ0) is 25.2. The summed E-state index contributed by atoms with van der Waals surface area (Å²) in [7, 11) is 1.75. The van der Waals surface area contributed by atoms with Crippen LogP contribution in [0.15, 0.2) is 76.1 Å². The standard InChI is InChI=1S/C28H28ClN3O4/c1-31-17-23(27(35)30-15-18-9-11-20(29)12-10-18)26(34)22-14-21(36-28(22)31)16-32-13-5-8-24(32)25(33)19-6-3-2-4-7-19/h2-4,6-7,9-12,14,17,24-25,33H,5,8,13,15-16H2,1H3,(H,30,35)/t24-,25+/m1/s1. The van der Waals surface area contributed by atoms with Crippen molar-refractivity contribution < 1.29 is 14.3 Å². The van der Waals surface area contributed by atoms with Crippen LogP contribution in [0.25, 0.3) is 11.1 Å². The fraction of sp³-hybridized carbons (Fsp3) is 0.286. The number of hydrogen-bond acceptors (Lipinski definition) is 5. The van der Waals surface area contributed by atoms with E-state index < -0.39 is 12.0 Å². The summed E-state index contributed by atoms with van der Waals surface area (Å²) in [5.74, 6) is 0.185. The van der Waals surface area contributed by atoms with Gasteiger partial charge in [0.15, 0.2) is 0 Å². The normalized spacial score (nSPS) is 16.9. The minimum Gasteiger partial charge on any atom is -0.443 e. The molecule has 1 saturated heterocycles. The van der Waals surface area contributed by atoms with Crippen molar-refractivity contribution in [2.75, 3.05) is 6.54 Å². The Hall–Kier alpha value is -3.39. The van der Waals surface area contributed by atoms with Gasteiger partial charge in [0.1, 0.15) is 11.3 Å². The van der Waals surface area contributed by atoms with E-state index in [0.29, 0.717) is 28.4 Å². The second kappa shape index (κ2) is 10.3. The van der Waals surface area contributed by atoms with Crippen LogP contribution < -0.4 is 10.7 Å². The number of carbonyl (C=O) groups excluding carboxylic acids is 1. The van der Waals surface area contributed by atoms with Crippen LogP contribution in [0, 0.1) is 0 Å². The Bertz CT molecular complexity index is 1430. The van der Waals surface area contributed by atoms with Crippen LogP contribution in [0.4, 0.5) is 0 Å². The Morgan fingerprint density at radius 2 is 1.94 bits per heavy atom. The SMILES string of the molecule is Cn1cc(C(=O)NCc2ccc(Cl)cc2)c(=O)c2cc(CN3CCC[C@@H]3[C@@H](O)c3ccccc3)oc21. The summed E-state index contributed by atoms with van der Waals surface area (Å²) in [5, 5.41) is 14.8. The molecule has 1 aliphatic rings. The van der Waals surface area contributed by atoms with Crippen LogP contribution in [0.3, 0.4) is 0 Å². The highest BCUT2D eigenvalue weighted by Crippen LogP contribution is 2.31. The third kappa shape index (κ3) is 4.95. The number of carbonyl (C=O) groups is 1. The highest BCUT2D eigenvalue weighted by molar-refractivity contribution is 6.30. The number of benzene rings is 2. The maximum Gasteiger partial charge on any atom is 0.257 e. The molecule has 7 nitrogen and oxygen atoms in total. The molecule has 5 rings (SSSR count). The first-order valence-corrected chi connectivity index (χ1v) is 12.4. The zero-order valence-electron chi connectivity index (χ0n) is 20.0. The summed E-state index contributed by atoms with van der Waals surface area (Å²) < 4.78 is 7.71. The number of amides is 1. The number of fused-ring (bicyclic) bond motifs is 1. The fourth-order valence-electron chi connectivity index (χ4n) is 4.91. The van der Waals surface area contributed by atoms with E-state index in [4.69, 9.17) is 16.0 Å². The minimum atomic E-state index is -0.597. The molecule has 0 saturated carbocycles. The highest BCUT2D eigenvalue weighted by atomic mass is 35.5. The highest BCUT2D eigenvalue weighted by Gasteiger charge is 2.32. The zero-order valence-corrected chi connectivity index (χ0v) is 20.7. The largest absolute Gasteiger partial charge is 0.443 e. The first-order valence-electron chi connectivity index (χ1n) is 12.0. The van der Waals surface area contributed by atoms with Crippen molar-refractivity contribution >= 4 is 28.6 Å². The van der Waals surface area contributed by atoms with Gasteiger partial charge in [0.05, 0.1) is 18.0 Å². The van der Waals surface area contributed by atoms with Crippen molar-refractivity contribution in [3.8, 4) is 0 Å². The Balaban J connectivity index is 1.34. The van der Waals surface area contributed by atoms with Crippen molar-refractivity contribution in [3.05, 3.63) is 105 Å². The van der Waals surface area contributed by atoms with Gasteiger partial charge in [-0.3, -0.25) is 14.5 Å². The molecule has 2 aromatic heterocycles. The van der Waals surface area contributed by atoms with E-state index in [1.807, 2.05) is 42.5 Å². The second-order valence-corrected chi connectivity index (χ2v) is 9.70. The molecule has 1 aliphatic heterocycles. The van der Waals surface area contributed by atoms with E-state index in [1.54, 1.807) is 29.8 Å². The third-order valence-electron chi connectivity index (χ3n) is 6.79. The summed E-state index contributed by atoms with van der Waals surface area (Å²) in [6.45, 7) is 1.59. The molecule has 0 radical (unpaired) electrons. The number of likely N-dealkylation sites (tertiary alicyclic amines) is 1. The van der Waals surface area contributed by atoms with Gasteiger partial charge in [-0.15, -0.1) is 0 Å². The lowest BCUT2D eigenvalue weighted by Crippen LogP contribution is -2.33. The molecule has 4 aromatic rings. The summed E-state index contributed by atoms with van der Waals surface area (Å²) in [6, 6.07) is 18.5. The summed E-state index contributed by atoms with van der Waals surface area (Å²) in [6.07, 6.45) is 2.77. The van der Waals surface area contributed by atoms with Crippen LogP contribution >= 0.6 is 11.6 Å². The fourth-order valence-corrected chi connectivity index (χ4v) is 5.04. The average Bonchev–Trinajstić information content (AvgIpc) is 3.54. The molecule has 8 heteroatoms. The van der Waals surface area contributed by atoms with Gasteiger partial charge in [-0.05, 0) is 48.7 Å². The quantitative estimate of drug-likeness (QED) is 0.388. The molecule has 36 heavy (non-hydrogen) atoms. The van der Waals surface area contributed by atoms with Crippen LogP contribution in [0.5, 0.6) is 0 Å². The molecule has 0 spiro atoms. The van der Waals surface area contributed by atoms with Gasteiger partial charge in [0, 0.05) is 30.9 Å². The maximum absolute atomic E-state index is 13.2. The number of hydrogen-bond donors (Lipinski definition) is 2. The lowest BCUT2D eigenvalue weighted by Gasteiger charge is -2.28. The van der Waals surface area contributed by atoms with Crippen LogP contribution in [-0.2, 0) is 20.1 Å². The molecule has 1 amide bonds. The maximum atomic E-state index is 13.2. The van der Waals surface area contributed by atoms with E-state index >= 15 is 0 Å². The monoisotopic (exact) mass is 505 g/mol. The number of aliphatic hydroxyl groups excluding tert-OH is 1. The second-order valence-electron chi connectivity index (χ2n) is 9.26. The molecular formula is C28H28ClN3O4. The van der Waals surface area contributed by atoms with Gasteiger partial charge in [0.25, 0.3) is 5.91 Å². The average molecular weight is 506 g/mol. The number of pyridine rings is 1. The summed E-state index contributed by atoms with van der Waals surface area (Å²) >= 11 is 5.92. The number of halogens is 1. The predicted molar refractivity (Wildman–Crippen MR) is 139 cm³/mol. The lowest BCUT2D eigenvalue weighted by atomic mass is 10.0. The molecule has 2 N–H and O–H groups in total. The number of aromatic nitrogens is 1. The molecule has 0 bridgehead atoms. The molecule has 186 valence electrons. The first kappa shape index (κ1) is 24.3. The van der Waals surface area contributed by atoms with Crippen LogP contribution in [0.2, 0.25) is 5.02 Å². The molecular weight excluding hydrogens is 478 g/mol. The van der Waals surface area contributed by atoms with Crippen molar-refractivity contribution in [1.29, 1.82) is 0 Å². The topological polar surface area (TPSA) is 87.7 Å². The number of rotatable bonds is 7. The summed E-state index contributed by atoms with van der Waals surface area (Å²) in [5.41, 5.74) is 1.89. The van der Waals surface area contributed by atoms with Gasteiger partial charge in [-0.1, -0.05) is 54.1 Å². The molecule has 0 unspecified atom stereocenters. The van der Waals surface area contributed by atoms with Crippen LogP contribution in [0.1, 0.15) is 46.2 Å². The minimum absolute atomic E-state index is 0.0321. The van der Waals surface area contributed by atoms with Crippen molar-refractivity contribution in [1.82, 2.24) is 14.8 Å². The van der Waals surface area contributed by atoms with Gasteiger partial charge in [0.2, 0.25) is 11.1 Å². The first-order chi connectivity index (χ1) is 17.4. The molecule has 3 heterocycles. The van der Waals surface area contributed by atoms with Crippen molar-refractivity contribution in [3.63, 3.8) is 0 Å². The predicted octanol–water partition coefficient (Wildman–Crippen LogP) is 4.41. The molecule has 0 aliphatic carbocycles. The van der Waals surface area contributed by atoms with Gasteiger partial charge < -0.3 is 19.4 Å². The number of nitrogens with one attached hydrogen (secondary N) is 1. The lowest BCUT2D eigenvalue weighted by molar-refractivity contribution is 0.0656. The van der Waals surface area contributed by atoms with Gasteiger partial charge >= 0.3 is 0 Å². The van der Waals surface area contributed by atoms with Gasteiger partial charge in [-0.2, -0.15) is 0 Å². The Kier molecular flexibility index (Phi) is 6.96. The number of nitrogens with zero attached hydrogens (tertiary/aromatic N) is 2. The Morgan fingerprint density at radius 1 is 1.19 bits per heavy atom. The third-order valence-corrected chi connectivity index (χ3v) is 7.04. The van der Waals surface area contributed by atoms with E-state index in [1.165, 1.54) is 6.20 Å². The summed E-state index contributed by atoms with van der Waals surface area (Å²) in [4.78, 5) is 28.2. The number of aryl methyl sites for hydroxylation is 1. The van der Waals surface area contributed by atoms with E-state index in [-0.39, 0.29) is 23.6 Å². The number of aliphatic hydroxyl groups is 1. The smallest absolute Gasteiger partial charge is 0.257 e. The van der Waals surface area contributed by atoms with Crippen LogP contribution in [-0.4, -0.2) is 33.1 Å². The van der Waals surface area contributed by atoms with Crippen molar-refractivity contribution in [2.24, 2.45) is 7.05 Å². The molecule has 2 atom stereocenters. The van der Waals surface area contributed by atoms with Crippen molar-refractivity contribution in [2.45, 2.75) is 38.1 Å². The Labute approximate surface area is 213 Å². The molecule has 1 fully saturated rings. The van der Waals surface area contributed by atoms with E-state index in [2.05, 4.69) is 10.2 Å². The van der Waals surface area contributed by atoms with Gasteiger partial charge in [-0.25, -0.2) is 0 Å². The number of furan rings is 1. The van der Waals surface area contributed by atoms with E-state index in [9.17, 15) is 14.7 Å². The Morgan fingerprint density at radius 3 is 2.69 bits per heavy atom. The van der Waals surface area contributed by atoms with E-state index in [0.717, 1.165) is 30.5 Å². The molecule has 2 aromatic carbocycles.